The molecule has 0 aromatic heterocycles. The van der Waals surface area contributed by atoms with E-state index in [0.717, 1.165) is 25.7 Å². The molecular formula is C23H28N2O5S. The van der Waals surface area contributed by atoms with Crippen LogP contribution in [-0.2, 0) is 19.6 Å². The third-order valence-corrected chi connectivity index (χ3v) is 7.31. The molecule has 166 valence electrons. The third-order valence-electron chi connectivity index (χ3n) is 5.40. The lowest BCUT2D eigenvalue weighted by Gasteiger charge is -2.22. The molecule has 31 heavy (non-hydrogen) atoms. The van der Waals surface area contributed by atoms with Crippen LogP contribution >= 0.6 is 0 Å². The third kappa shape index (κ3) is 5.51. The Kier molecular flexibility index (Phi) is 7.46. The molecule has 7 nitrogen and oxygen atoms in total. The Morgan fingerprint density at radius 2 is 1.52 bits per heavy atom. The molecule has 3 rings (SSSR count). The van der Waals surface area contributed by atoms with Gasteiger partial charge in [0, 0.05) is 25.8 Å². The van der Waals surface area contributed by atoms with Crippen molar-refractivity contribution in [1.82, 2.24) is 4.31 Å². The zero-order chi connectivity index (χ0) is 22.4. The molecule has 1 heterocycles. The lowest BCUT2D eigenvalue weighted by molar-refractivity contribution is -0.126. The summed E-state index contributed by atoms with van der Waals surface area (Å²) < 4.78 is 32.5. The lowest BCUT2D eigenvalue weighted by atomic mass is 10.2. The van der Waals surface area contributed by atoms with E-state index in [9.17, 15) is 18.0 Å². The van der Waals surface area contributed by atoms with E-state index in [1.807, 2.05) is 18.2 Å². The first-order chi connectivity index (χ1) is 14.8. The Morgan fingerprint density at radius 1 is 0.935 bits per heavy atom. The number of nitrogens with zero attached hydrogens (tertiary/aromatic N) is 2. The summed E-state index contributed by atoms with van der Waals surface area (Å²) in [6.45, 7) is 2.54. The Bertz CT molecular complexity index is 998. The van der Waals surface area contributed by atoms with Gasteiger partial charge in [0.25, 0.3) is 5.91 Å². The fourth-order valence-corrected chi connectivity index (χ4v) is 5.04. The molecule has 0 aliphatic carbocycles. The van der Waals surface area contributed by atoms with Gasteiger partial charge < -0.3 is 9.64 Å². The van der Waals surface area contributed by atoms with E-state index in [-0.39, 0.29) is 16.4 Å². The fourth-order valence-electron chi connectivity index (χ4n) is 3.52. The molecule has 0 spiro atoms. The number of carbonyl (C=O) groups excluding carboxylic acids is 2. The SMILES string of the molecule is C[C@@H](OC(=O)c1ccc(S(=O)(=O)N2CCCCCC2)cc1)C(=O)N(C)c1ccccc1. The highest BCUT2D eigenvalue weighted by molar-refractivity contribution is 7.89. The topological polar surface area (TPSA) is 84.0 Å². The predicted molar refractivity (Wildman–Crippen MR) is 118 cm³/mol. The Hall–Kier alpha value is -2.71. The molecule has 0 saturated carbocycles. The highest BCUT2D eigenvalue weighted by Gasteiger charge is 2.26. The van der Waals surface area contributed by atoms with E-state index in [0.29, 0.717) is 18.8 Å². The minimum Gasteiger partial charge on any atom is -0.449 e. The van der Waals surface area contributed by atoms with Crippen LogP contribution in [-0.4, -0.2) is 50.8 Å². The number of benzene rings is 2. The number of ether oxygens (including phenoxy) is 1. The van der Waals surface area contributed by atoms with Gasteiger partial charge >= 0.3 is 5.97 Å². The lowest BCUT2D eigenvalue weighted by Crippen LogP contribution is -2.37. The van der Waals surface area contributed by atoms with Gasteiger partial charge in [0.1, 0.15) is 0 Å². The molecule has 1 fully saturated rings. The van der Waals surface area contributed by atoms with Crippen LogP contribution in [0.3, 0.4) is 0 Å². The van der Waals surface area contributed by atoms with Crippen LogP contribution in [0, 0.1) is 0 Å². The number of sulfonamides is 1. The van der Waals surface area contributed by atoms with Crippen molar-refractivity contribution in [1.29, 1.82) is 0 Å². The van der Waals surface area contributed by atoms with Crippen LogP contribution in [0.1, 0.15) is 43.0 Å². The average Bonchev–Trinajstić information content (AvgIpc) is 3.09. The normalized spacial score (nSPS) is 16.2. The zero-order valence-corrected chi connectivity index (χ0v) is 18.7. The van der Waals surface area contributed by atoms with E-state index in [4.69, 9.17) is 4.74 Å². The summed E-state index contributed by atoms with van der Waals surface area (Å²) in [5.74, 6) is -1.04. The largest absolute Gasteiger partial charge is 0.449 e. The highest BCUT2D eigenvalue weighted by Crippen LogP contribution is 2.21. The number of anilines is 1. The highest BCUT2D eigenvalue weighted by atomic mass is 32.2. The van der Waals surface area contributed by atoms with Gasteiger partial charge in [-0.3, -0.25) is 4.79 Å². The number of para-hydroxylation sites is 1. The van der Waals surface area contributed by atoms with Gasteiger partial charge in [0.05, 0.1) is 10.5 Å². The van der Waals surface area contributed by atoms with Crippen LogP contribution in [0.2, 0.25) is 0 Å². The van der Waals surface area contributed by atoms with Crippen LogP contribution in [0.15, 0.2) is 59.5 Å². The van der Waals surface area contributed by atoms with E-state index in [1.54, 1.807) is 19.2 Å². The molecule has 2 aromatic rings. The summed E-state index contributed by atoms with van der Waals surface area (Å²) in [7, 11) is -1.97. The molecule has 0 N–H and O–H groups in total. The van der Waals surface area contributed by atoms with E-state index in [2.05, 4.69) is 0 Å². The summed E-state index contributed by atoms with van der Waals surface area (Å²) in [5, 5.41) is 0. The van der Waals surface area contributed by atoms with Crippen LogP contribution in [0.5, 0.6) is 0 Å². The maximum Gasteiger partial charge on any atom is 0.338 e. The molecular weight excluding hydrogens is 416 g/mol. The van der Waals surface area contributed by atoms with Crippen molar-refractivity contribution in [2.45, 2.75) is 43.6 Å². The number of hydrogen-bond donors (Lipinski definition) is 0. The second kappa shape index (κ2) is 10.1. The molecule has 1 saturated heterocycles. The van der Waals surface area contributed by atoms with E-state index in [1.165, 1.54) is 40.4 Å². The van der Waals surface area contributed by atoms with Crippen molar-refractivity contribution in [2.75, 3.05) is 25.0 Å². The smallest absolute Gasteiger partial charge is 0.338 e. The van der Waals surface area contributed by atoms with Crippen LogP contribution < -0.4 is 4.90 Å². The summed E-state index contributed by atoms with van der Waals surface area (Å²) >= 11 is 0. The van der Waals surface area contributed by atoms with Crippen molar-refractivity contribution in [3.05, 3.63) is 60.2 Å². The van der Waals surface area contributed by atoms with Crippen molar-refractivity contribution in [3.8, 4) is 0 Å². The fraction of sp³-hybridized carbons (Fsp3) is 0.391. The standard InChI is InChI=1S/C23H28N2O5S/c1-18(22(26)24(2)20-10-6-5-7-11-20)30-23(27)19-12-14-21(15-13-19)31(28,29)25-16-8-3-4-9-17-25/h5-7,10-15,18H,3-4,8-9,16-17H2,1-2H3/t18-/m1/s1. The first-order valence-electron chi connectivity index (χ1n) is 10.4. The van der Waals surface area contributed by atoms with E-state index >= 15 is 0 Å². The first-order valence-corrected chi connectivity index (χ1v) is 11.9. The zero-order valence-electron chi connectivity index (χ0n) is 17.9. The molecule has 8 heteroatoms. The Morgan fingerprint density at radius 3 is 2.10 bits per heavy atom. The molecule has 1 atom stereocenters. The Labute approximate surface area is 183 Å². The second-order valence-electron chi connectivity index (χ2n) is 7.62. The van der Waals surface area contributed by atoms with Crippen molar-refractivity contribution >= 4 is 27.6 Å². The average molecular weight is 445 g/mol. The first kappa shape index (κ1) is 23.0. The molecule has 0 radical (unpaired) electrons. The molecule has 1 aliphatic rings. The molecule has 0 unspecified atom stereocenters. The Balaban J connectivity index is 1.65. The number of rotatable bonds is 6. The van der Waals surface area contributed by atoms with Gasteiger partial charge in [-0.2, -0.15) is 4.31 Å². The quantitative estimate of drug-likeness (QED) is 0.637. The van der Waals surface area contributed by atoms with Crippen molar-refractivity contribution in [2.24, 2.45) is 0 Å². The monoisotopic (exact) mass is 444 g/mol. The van der Waals surface area contributed by atoms with Crippen molar-refractivity contribution in [3.63, 3.8) is 0 Å². The number of esters is 1. The van der Waals surface area contributed by atoms with E-state index < -0.39 is 22.1 Å². The van der Waals surface area contributed by atoms with Gasteiger partial charge in [0.2, 0.25) is 10.0 Å². The second-order valence-corrected chi connectivity index (χ2v) is 9.56. The summed E-state index contributed by atoms with van der Waals surface area (Å²) in [6, 6.07) is 14.7. The minimum atomic E-state index is -3.59. The van der Waals surface area contributed by atoms with Gasteiger partial charge in [-0.05, 0) is 56.2 Å². The number of hydrogen-bond acceptors (Lipinski definition) is 5. The van der Waals surface area contributed by atoms with Gasteiger partial charge in [-0.25, -0.2) is 13.2 Å². The maximum atomic E-state index is 12.9. The summed E-state index contributed by atoms with van der Waals surface area (Å²) in [4.78, 5) is 26.6. The molecule has 0 bridgehead atoms. The maximum absolute atomic E-state index is 12.9. The number of carbonyl (C=O) groups is 2. The molecule has 2 aromatic carbocycles. The number of likely N-dealkylation sites (N-methyl/N-ethyl adjacent to an activating group) is 1. The predicted octanol–water partition coefficient (Wildman–Crippen LogP) is 3.46. The summed E-state index contributed by atoms with van der Waals surface area (Å²) in [5.41, 5.74) is 0.885. The molecule has 1 aliphatic heterocycles. The van der Waals surface area contributed by atoms with Crippen molar-refractivity contribution < 1.29 is 22.7 Å². The minimum absolute atomic E-state index is 0.152. The molecule has 1 amide bonds. The van der Waals surface area contributed by atoms with Gasteiger partial charge in [0.15, 0.2) is 6.10 Å². The van der Waals surface area contributed by atoms with Crippen LogP contribution in [0.25, 0.3) is 0 Å². The van der Waals surface area contributed by atoms with Gasteiger partial charge in [-0.15, -0.1) is 0 Å². The summed E-state index contributed by atoms with van der Waals surface area (Å²) in [6.07, 6.45) is 2.79. The van der Waals surface area contributed by atoms with Crippen LogP contribution in [0.4, 0.5) is 5.69 Å². The van der Waals surface area contributed by atoms with Gasteiger partial charge in [-0.1, -0.05) is 31.0 Å². The number of amides is 1.